The van der Waals surface area contributed by atoms with Crippen molar-refractivity contribution in [3.8, 4) is 0 Å². The Morgan fingerprint density at radius 2 is 1.90 bits per heavy atom. The maximum Gasteiger partial charge on any atom is 0.138 e. The fourth-order valence-electron chi connectivity index (χ4n) is 1.80. The SMILES string of the molecule is CSCCC/C(=N\O)SC1OC(CO)C(O)C(O)C1O. The lowest BCUT2D eigenvalue weighted by Crippen LogP contribution is -2.57. The minimum Gasteiger partial charge on any atom is -0.410 e. The molecule has 0 spiro atoms. The van der Waals surface area contributed by atoms with Gasteiger partial charge in [0.25, 0.3) is 0 Å². The summed E-state index contributed by atoms with van der Waals surface area (Å²) in [7, 11) is 0. The molecule has 0 saturated carbocycles. The fourth-order valence-corrected chi connectivity index (χ4v) is 3.31. The van der Waals surface area contributed by atoms with Crippen molar-refractivity contribution in [2.75, 3.05) is 18.6 Å². The second-order valence-corrected chi connectivity index (χ2v) is 6.56. The van der Waals surface area contributed by atoms with Crippen LogP contribution in [0.5, 0.6) is 0 Å². The van der Waals surface area contributed by atoms with Crippen LogP contribution in [0.2, 0.25) is 0 Å². The minimum atomic E-state index is -1.41. The molecule has 0 amide bonds. The number of ether oxygens (including phenoxy) is 1. The highest BCUT2D eigenvalue weighted by atomic mass is 32.2. The van der Waals surface area contributed by atoms with Gasteiger partial charge in [-0.25, -0.2) is 0 Å². The third-order valence-electron chi connectivity index (χ3n) is 2.95. The molecule has 0 aromatic heterocycles. The Morgan fingerprint density at radius 3 is 2.45 bits per heavy atom. The van der Waals surface area contributed by atoms with E-state index in [0.29, 0.717) is 11.5 Å². The van der Waals surface area contributed by atoms with Crippen LogP contribution in [0.1, 0.15) is 12.8 Å². The summed E-state index contributed by atoms with van der Waals surface area (Å²) in [5.41, 5.74) is -0.897. The Morgan fingerprint density at radius 1 is 1.20 bits per heavy atom. The zero-order valence-corrected chi connectivity index (χ0v) is 12.8. The van der Waals surface area contributed by atoms with Crippen molar-refractivity contribution in [2.45, 2.75) is 42.7 Å². The molecule has 0 radical (unpaired) electrons. The molecule has 1 aliphatic rings. The number of aliphatic hydroxyl groups excluding tert-OH is 4. The second-order valence-electron chi connectivity index (χ2n) is 4.41. The lowest BCUT2D eigenvalue weighted by Gasteiger charge is -2.39. The fraction of sp³-hybridized carbons (Fsp3) is 0.909. The van der Waals surface area contributed by atoms with E-state index >= 15 is 0 Å². The summed E-state index contributed by atoms with van der Waals surface area (Å²) < 4.78 is 5.32. The second kappa shape index (κ2) is 9.08. The molecule has 9 heteroatoms. The van der Waals surface area contributed by atoms with Crippen LogP contribution >= 0.6 is 23.5 Å². The zero-order valence-electron chi connectivity index (χ0n) is 11.1. The third kappa shape index (κ3) is 4.76. The Kier molecular flexibility index (Phi) is 8.18. The molecule has 1 saturated heterocycles. The van der Waals surface area contributed by atoms with Crippen LogP contribution in [0.4, 0.5) is 0 Å². The van der Waals surface area contributed by atoms with E-state index in [4.69, 9.17) is 15.1 Å². The highest BCUT2D eigenvalue weighted by Crippen LogP contribution is 2.30. The molecule has 5 unspecified atom stereocenters. The van der Waals surface area contributed by atoms with Crippen LogP contribution in [0.3, 0.4) is 0 Å². The standard InChI is InChI=1S/C11H21NO6S2/c1-19-4-2-3-7(12-17)20-11-10(16)9(15)8(14)6(5-13)18-11/h6,8-11,13-17H,2-5H2,1H3/b12-7+. The molecule has 20 heavy (non-hydrogen) atoms. The monoisotopic (exact) mass is 327 g/mol. The minimum absolute atomic E-state index is 0.378. The maximum atomic E-state index is 9.86. The molecule has 1 aliphatic heterocycles. The largest absolute Gasteiger partial charge is 0.410 e. The van der Waals surface area contributed by atoms with Crippen molar-refractivity contribution in [3.05, 3.63) is 0 Å². The Balaban J connectivity index is 2.60. The van der Waals surface area contributed by atoms with E-state index in [-0.39, 0.29) is 0 Å². The van der Waals surface area contributed by atoms with Gasteiger partial charge in [-0.15, -0.1) is 0 Å². The predicted octanol–water partition coefficient (Wildman–Crippen LogP) is -0.550. The van der Waals surface area contributed by atoms with Gasteiger partial charge in [0.1, 0.15) is 34.9 Å². The van der Waals surface area contributed by atoms with Gasteiger partial charge in [-0.1, -0.05) is 16.9 Å². The molecule has 5 atom stereocenters. The highest BCUT2D eigenvalue weighted by Gasteiger charge is 2.44. The normalized spacial score (nSPS) is 35.2. The summed E-state index contributed by atoms with van der Waals surface area (Å²) in [5, 5.41) is 50.7. The average molecular weight is 327 g/mol. The van der Waals surface area contributed by atoms with Crippen LogP contribution in [0.25, 0.3) is 0 Å². The summed E-state index contributed by atoms with van der Waals surface area (Å²) in [6.07, 6.45) is -1.75. The van der Waals surface area contributed by atoms with E-state index in [1.165, 1.54) is 0 Å². The lowest BCUT2D eigenvalue weighted by molar-refractivity contribution is -0.205. The van der Waals surface area contributed by atoms with Gasteiger partial charge >= 0.3 is 0 Å². The smallest absolute Gasteiger partial charge is 0.138 e. The van der Waals surface area contributed by atoms with Crippen LogP contribution in [-0.4, -0.2) is 79.1 Å². The number of hydrogen-bond donors (Lipinski definition) is 5. The molecule has 0 aromatic carbocycles. The molecule has 1 fully saturated rings. The van der Waals surface area contributed by atoms with Crippen molar-refractivity contribution < 1.29 is 30.4 Å². The van der Waals surface area contributed by atoms with Gasteiger partial charge in [-0.2, -0.15) is 11.8 Å². The van der Waals surface area contributed by atoms with E-state index in [9.17, 15) is 15.3 Å². The van der Waals surface area contributed by atoms with Crippen LogP contribution in [-0.2, 0) is 4.74 Å². The Labute approximate surface area is 126 Å². The lowest BCUT2D eigenvalue weighted by atomic mass is 10.0. The summed E-state index contributed by atoms with van der Waals surface area (Å²) >= 11 is 2.66. The van der Waals surface area contributed by atoms with Crippen LogP contribution in [0.15, 0.2) is 5.16 Å². The Hall–Kier alpha value is -0.0300. The first-order valence-corrected chi connectivity index (χ1v) is 8.49. The van der Waals surface area contributed by atoms with Crippen molar-refractivity contribution >= 4 is 28.6 Å². The molecule has 1 heterocycles. The summed E-state index contributed by atoms with van der Waals surface area (Å²) in [5.74, 6) is 0.911. The van der Waals surface area contributed by atoms with Gasteiger partial charge < -0.3 is 30.4 Å². The van der Waals surface area contributed by atoms with Gasteiger partial charge in [-0.05, 0) is 18.4 Å². The van der Waals surface area contributed by atoms with E-state index in [0.717, 1.165) is 23.9 Å². The number of rotatable bonds is 6. The molecule has 7 nitrogen and oxygen atoms in total. The van der Waals surface area contributed by atoms with Gasteiger partial charge in [0.2, 0.25) is 0 Å². The summed E-state index contributed by atoms with van der Waals surface area (Å²) in [4.78, 5) is 0. The van der Waals surface area contributed by atoms with Crippen molar-refractivity contribution in [3.63, 3.8) is 0 Å². The molecular formula is C11H21NO6S2. The van der Waals surface area contributed by atoms with Crippen molar-refractivity contribution in [1.82, 2.24) is 0 Å². The molecule has 0 bridgehead atoms. The third-order valence-corrected chi connectivity index (χ3v) is 4.83. The van der Waals surface area contributed by atoms with E-state index < -0.39 is 36.5 Å². The molecular weight excluding hydrogens is 306 g/mol. The first-order chi connectivity index (χ1) is 9.54. The molecule has 0 aliphatic carbocycles. The quantitative estimate of drug-likeness (QED) is 0.145. The predicted molar refractivity (Wildman–Crippen MR) is 78.2 cm³/mol. The van der Waals surface area contributed by atoms with Crippen molar-refractivity contribution in [2.24, 2.45) is 5.16 Å². The molecule has 0 aromatic rings. The topological polar surface area (TPSA) is 123 Å². The number of thioether (sulfide) groups is 2. The van der Waals surface area contributed by atoms with E-state index in [1.807, 2.05) is 6.26 Å². The summed E-state index contributed by atoms with van der Waals surface area (Å²) in [6.45, 7) is -0.472. The molecule has 5 N–H and O–H groups in total. The molecule has 118 valence electrons. The number of nitrogens with zero attached hydrogens (tertiary/aromatic N) is 1. The van der Waals surface area contributed by atoms with E-state index in [1.54, 1.807) is 11.8 Å². The van der Waals surface area contributed by atoms with Gasteiger partial charge in [0.15, 0.2) is 0 Å². The first kappa shape index (κ1) is 18.0. The zero-order chi connectivity index (χ0) is 15.1. The number of aliphatic hydroxyl groups is 4. The van der Waals surface area contributed by atoms with Crippen molar-refractivity contribution in [1.29, 1.82) is 0 Å². The number of oxime groups is 1. The first-order valence-electron chi connectivity index (χ1n) is 6.22. The number of hydrogen-bond acceptors (Lipinski definition) is 9. The summed E-state index contributed by atoms with van der Waals surface area (Å²) in [6, 6.07) is 0. The van der Waals surface area contributed by atoms with Gasteiger partial charge in [0.05, 0.1) is 6.61 Å². The van der Waals surface area contributed by atoms with E-state index in [2.05, 4.69) is 5.16 Å². The highest BCUT2D eigenvalue weighted by molar-refractivity contribution is 8.14. The Bertz CT molecular complexity index is 317. The molecule has 1 rings (SSSR count). The van der Waals surface area contributed by atoms with Crippen LogP contribution in [0, 0.1) is 0 Å². The maximum absolute atomic E-state index is 9.86. The van der Waals surface area contributed by atoms with Crippen LogP contribution < -0.4 is 0 Å². The average Bonchev–Trinajstić information content (AvgIpc) is 2.46. The van der Waals surface area contributed by atoms with Gasteiger partial charge in [-0.3, -0.25) is 0 Å². The van der Waals surface area contributed by atoms with Gasteiger partial charge in [0, 0.05) is 6.42 Å².